The molecule has 6 heteroatoms. The Morgan fingerprint density at radius 3 is 1.84 bits per heavy atom. The van der Waals surface area contributed by atoms with Gasteiger partial charge < -0.3 is 23.7 Å². The summed E-state index contributed by atoms with van der Waals surface area (Å²) in [7, 11) is 2.14. The average Bonchev–Trinajstić information content (AvgIpc) is 2.46. The van der Waals surface area contributed by atoms with E-state index in [1.807, 2.05) is 6.92 Å². The molecule has 19 heavy (non-hydrogen) atoms. The van der Waals surface area contributed by atoms with Gasteiger partial charge in [0.05, 0.1) is 11.8 Å². The van der Waals surface area contributed by atoms with Gasteiger partial charge in [-0.1, -0.05) is 27.2 Å². The van der Waals surface area contributed by atoms with Crippen molar-refractivity contribution >= 4 is 8.80 Å². The summed E-state index contributed by atoms with van der Waals surface area (Å²) < 4.78 is 16.6. The standard InChI is InChI=1S/C13H31NO4Si/c1-7-10-11(12(15)8-2)14-13(9-3)19(16-4,17-5)18-6/h11-15H,7-10H2,1-6H3. The number of nitrogens with one attached hydrogen (secondary N) is 1. The highest BCUT2D eigenvalue weighted by molar-refractivity contribution is 6.62. The van der Waals surface area contributed by atoms with E-state index in [4.69, 9.17) is 13.3 Å². The monoisotopic (exact) mass is 293 g/mol. The summed E-state index contributed by atoms with van der Waals surface area (Å²) in [5, 5.41) is 13.6. The van der Waals surface area contributed by atoms with Crippen LogP contribution in [0.3, 0.4) is 0 Å². The van der Waals surface area contributed by atoms with Gasteiger partial charge in [0.1, 0.15) is 0 Å². The minimum atomic E-state index is -2.72. The van der Waals surface area contributed by atoms with Crippen molar-refractivity contribution in [2.24, 2.45) is 0 Å². The first kappa shape index (κ1) is 19.0. The Labute approximate surface area is 119 Å². The molecule has 2 N–H and O–H groups in total. The van der Waals surface area contributed by atoms with Crippen LogP contribution < -0.4 is 5.32 Å². The smallest absolute Gasteiger partial charge is 0.392 e. The van der Waals surface area contributed by atoms with Crippen LogP contribution in [0.5, 0.6) is 0 Å². The van der Waals surface area contributed by atoms with Gasteiger partial charge in [0.15, 0.2) is 0 Å². The molecule has 0 aromatic rings. The summed E-state index contributed by atoms with van der Waals surface area (Å²) in [5.41, 5.74) is -0.00903. The van der Waals surface area contributed by atoms with Crippen LogP contribution in [-0.2, 0) is 13.3 Å². The molecule has 0 aromatic carbocycles. The summed E-state index contributed by atoms with van der Waals surface area (Å²) >= 11 is 0. The molecule has 5 nitrogen and oxygen atoms in total. The van der Waals surface area contributed by atoms with E-state index in [0.717, 1.165) is 25.7 Å². The van der Waals surface area contributed by atoms with E-state index in [1.54, 1.807) is 21.3 Å². The maximum Gasteiger partial charge on any atom is 0.518 e. The predicted octanol–water partition coefficient (Wildman–Crippen LogP) is 1.71. The lowest BCUT2D eigenvalue weighted by Crippen LogP contribution is -2.63. The van der Waals surface area contributed by atoms with Crippen molar-refractivity contribution < 1.29 is 18.4 Å². The van der Waals surface area contributed by atoms with Gasteiger partial charge in [-0.25, -0.2) is 0 Å². The van der Waals surface area contributed by atoms with Gasteiger partial charge in [0.25, 0.3) is 0 Å². The van der Waals surface area contributed by atoms with E-state index in [9.17, 15) is 5.11 Å². The number of aliphatic hydroxyl groups is 1. The van der Waals surface area contributed by atoms with Crippen molar-refractivity contribution in [1.82, 2.24) is 5.32 Å². The maximum atomic E-state index is 10.1. The summed E-state index contributed by atoms with van der Waals surface area (Å²) in [5.74, 6) is 0. The third-order valence-electron chi connectivity index (χ3n) is 3.59. The topological polar surface area (TPSA) is 60.0 Å². The molecule has 0 aliphatic rings. The molecule has 0 amide bonds. The highest BCUT2D eigenvalue weighted by Crippen LogP contribution is 2.17. The minimum absolute atomic E-state index is 0.00903. The predicted molar refractivity (Wildman–Crippen MR) is 79.0 cm³/mol. The summed E-state index contributed by atoms with van der Waals surface area (Å²) in [6.45, 7) is 6.17. The number of rotatable bonds is 11. The second kappa shape index (κ2) is 9.85. The largest absolute Gasteiger partial charge is 0.518 e. The molecule has 0 aliphatic heterocycles. The van der Waals surface area contributed by atoms with Gasteiger partial charge in [-0.15, -0.1) is 0 Å². The fourth-order valence-electron chi connectivity index (χ4n) is 2.39. The molecule has 0 saturated heterocycles. The fourth-order valence-corrected chi connectivity index (χ4v) is 4.66. The van der Waals surface area contributed by atoms with Gasteiger partial charge in [-0.2, -0.15) is 0 Å². The molecule has 0 saturated carbocycles. The zero-order valence-electron chi connectivity index (χ0n) is 13.2. The van der Waals surface area contributed by atoms with Crippen molar-refractivity contribution in [2.45, 2.75) is 64.3 Å². The molecule has 0 spiro atoms. The van der Waals surface area contributed by atoms with E-state index >= 15 is 0 Å². The van der Waals surface area contributed by atoms with Crippen LogP contribution in [0.2, 0.25) is 0 Å². The van der Waals surface area contributed by atoms with Crippen molar-refractivity contribution in [1.29, 1.82) is 0 Å². The lowest BCUT2D eigenvalue weighted by molar-refractivity contribution is 0.0832. The molecule has 3 atom stereocenters. The Morgan fingerprint density at radius 2 is 1.53 bits per heavy atom. The lowest BCUT2D eigenvalue weighted by Gasteiger charge is -2.36. The average molecular weight is 293 g/mol. The molecule has 116 valence electrons. The van der Waals surface area contributed by atoms with Crippen molar-refractivity contribution in [3.05, 3.63) is 0 Å². The first-order valence-corrected chi connectivity index (χ1v) is 8.94. The molecule has 0 radical (unpaired) electrons. The van der Waals surface area contributed by atoms with Crippen molar-refractivity contribution in [3.63, 3.8) is 0 Å². The van der Waals surface area contributed by atoms with Gasteiger partial charge >= 0.3 is 8.80 Å². The molecule has 0 heterocycles. The first-order valence-electron chi connectivity index (χ1n) is 7.14. The molecule has 3 unspecified atom stereocenters. The number of aliphatic hydroxyl groups excluding tert-OH is 1. The van der Waals surface area contributed by atoms with E-state index in [1.165, 1.54) is 0 Å². The van der Waals surface area contributed by atoms with Crippen LogP contribution in [0, 0.1) is 0 Å². The Bertz CT molecular complexity index is 218. The van der Waals surface area contributed by atoms with E-state index in [-0.39, 0.29) is 17.8 Å². The zero-order chi connectivity index (χ0) is 14.9. The highest BCUT2D eigenvalue weighted by atomic mass is 28.4. The van der Waals surface area contributed by atoms with Crippen LogP contribution >= 0.6 is 0 Å². The van der Waals surface area contributed by atoms with E-state index in [0.29, 0.717) is 0 Å². The summed E-state index contributed by atoms with van der Waals surface area (Å²) in [4.78, 5) is 0. The normalized spacial score (nSPS) is 17.2. The molecule has 0 fully saturated rings. The van der Waals surface area contributed by atoms with Crippen molar-refractivity contribution in [2.75, 3.05) is 21.3 Å². The maximum absolute atomic E-state index is 10.1. The molecule has 0 rings (SSSR count). The van der Waals surface area contributed by atoms with E-state index < -0.39 is 8.80 Å². The lowest BCUT2D eigenvalue weighted by atomic mass is 10.0. The minimum Gasteiger partial charge on any atom is -0.392 e. The quantitative estimate of drug-likeness (QED) is 0.568. The fraction of sp³-hybridized carbons (Fsp3) is 1.00. The van der Waals surface area contributed by atoms with Gasteiger partial charge in [-0.3, -0.25) is 0 Å². The molecule has 0 aromatic heterocycles. The molecular formula is C13H31NO4Si. The third kappa shape index (κ3) is 5.13. The Kier molecular flexibility index (Phi) is 9.86. The highest BCUT2D eigenvalue weighted by Gasteiger charge is 2.47. The Balaban J connectivity index is 4.91. The number of hydrogen-bond donors (Lipinski definition) is 2. The van der Waals surface area contributed by atoms with Gasteiger partial charge in [0.2, 0.25) is 0 Å². The van der Waals surface area contributed by atoms with Crippen LogP contribution in [0.25, 0.3) is 0 Å². The van der Waals surface area contributed by atoms with E-state index in [2.05, 4.69) is 19.2 Å². The second-order valence-electron chi connectivity index (χ2n) is 4.71. The first-order chi connectivity index (χ1) is 9.04. The second-order valence-corrected chi connectivity index (χ2v) is 7.84. The van der Waals surface area contributed by atoms with Crippen LogP contribution in [-0.4, -0.2) is 53.1 Å². The third-order valence-corrected chi connectivity index (χ3v) is 6.72. The zero-order valence-corrected chi connectivity index (χ0v) is 14.2. The van der Waals surface area contributed by atoms with Crippen LogP contribution in [0.4, 0.5) is 0 Å². The van der Waals surface area contributed by atoms with Crippen LogP contribution in [0.15, 0.2) is 0 Å². The van der Waals surface area contributed by atoms with Gasteiger partial charge in [-0.05, 0) is 19.3 Å². The molecule has 0 aliphatic carbocycles. The van der Waals surface area contributed by atoms with Crippen molar-refractivity contribution in [3.8, 4) is 0 Å². The molecular weight excluding hydrogens is 262 g/mol. The molecule has 0 bridgehead atoms. The Morgan fingerprint density at radius 1 is 1.00 bits per heavy atom. The van der Waals surface area contributed by atoms with Crippen LogP contribution in [0.1, 0.15) is 46.5 Å². The summed E-state index contributed by atoms with van der Waals surface area (Å²) in [6.07, 6.45) is 3.15. The SMILES string of the molecule is CCCC(NC(CC)[Si](OC)(OC)OC)C(O)CC. The Hall–Kier alpha value is 0.0169. The summed E-state index contributed by atoms with van der Waals surface area (Å²) in [6, 6.07) is 0.0484. The van der Waals surface area contributed by atoms with Gasteiger partial charge in [0, 0.05) is 27.4 Å². The number of hydrogen-bond acceptors (Lipinski definition) is 5.